The molecule has 4 heterocycles. The van der Waals surface area contributed by atoms with Crippen LogP contribution in [-0.4, -0.2) is 70.0 Å². The molecule has 2 amide bonds. The van der Waals surface area contributed by atoms with Crippen LogP contribution in [0.5, 0.6) is 0 Å². The van der Waals surface area contributed by atoms with E-state index < -0.39 is 0 Å². The van der Waals surface area contributed by atoms with Gasteiger partial charge in [-0.05, 0) is 30.3 Å². The Kier molecular flexibility index (Phi) is 6.55. The SMILES string of the molecule is CN1CCN(C(=O)c2cc3cc(-c4ccc(CC(=O)Nc5cc(C(C)(C)C)on5)cc4)cnc3[nH]2)CC1. The molecule has 1 saturated heterocycles. The Morgan fingerprint density at radius 1 is 1.03 bits per heavy atom. The third kappa shape index (κ3) is 5.56. The number of rotatable bonds is 5. The highest BCUT2D eigenvalue weighted by Gasteiger charge is 2.22. The number of anilines is 1. The van der Waals surface area contributed by atoms with Crippen LogP contribution >= 0.6 is 0 Å². The zero-order valence-corrected chi connectivity index (χ0v) is 21.7. The van der Waals surface area contributed by atoms with Gasteiger partial charge in [0.15, 0.2) is 5.82 Å². The molecule has 192 valence electrons. The molecule has 9 nitrogen and oxygen atoms in total. The van der Waals surface area contributed by atoms with E-state index in [2.05, 4.69) is 32.4 Å². The lowest BCUT2D eigenvalue weighted by atomic mass is 9.93. The number of aromatic nitrogens is 3. The Morgan fingerprint density at radius 2 is 1.76 bits per heavy atom. The number of nitrogens with one attached hydrogen (secondary N) is 2. The van der Waals surface area contributed by atoms with E-state index in [1.165, 1.54) is 0 Å². The van der Waals surface area contributed by atoms with Gasteiger partial charge in [0.1, 0.15) is 17.1 Å². The third-order valence-corrected chi connectivity index (χ3v) is 6.66. The quantitative estimate of drug-likeness (QED) is 0.428. The van der Waals surface area contributed by atoms with Crippen molar-refractivity contribution in [2.24, 2.45) is 0 Å². The average molecular weight is 501 g/mol. The van der Waals surface area contributed by atoms with Gasteiger partial charge < -0.3 is 24.6 Å². The first kappa shape index (κ1) is 24.7. The second kappa shape index (κ2) is 9.82. The number of nitrogens with zero attached hydrogens (tertiary/aromatic N) is 4. The average Bonchev–Trinajstić information content (AvgIpc) is 3.51. The topological polar surface area (TPSA) is 107 Å². The van der Waals surface area contributed by atoms with Crippen LogP contribution in [0.3, 0.4) is 0 Å². The molecular weight excluding hydrogens is 468 g/mol. The fourth-order valence-corrected chi connectivity index (χ4v) is 4.34. The van der Waals surface area contributed by atoms with Crippen molar-refractivity contribution in [2.45, 2.75) is 32.6 Å². The summed E-state index contributed by atoms with van der Waals surface area (Å²) in [7, 11) is 2.07. The second-order valence-electron chi connectivity index (χ2n) is 10.7. The maximum Gasteiger partial charge on any atom is 0.270 e. The van der Waals surface area contributed by atoms with Crippen LogP contribution < -0.4 is 5.32 Å². The lowest BCUT2D eigenvalue weighted by molar-refractivity contribution is -0.115. The van der Waals surface area contributed by atoms with E-state index in [-0.39, 0.29) is 23.7 Å². The van der Waals surface area contributed by atoms with E-state index in [0.29, 0.717) is 17.2 Å². The molecule has 1 aliphatic rings. The van der Waals surface area contributed by atoms with Crippen molar-refractivity contribution in [1.82, 2.24) is 24.9 Å². The minimum Gasteiger partial charge on any atom is -0.359 e. The van der Waals surface area contributed by atoms with Gasteiger partial charge in [-0.3, -0.25) is 9.59 Å². The summed E-state index contributed by atoms with van der Waals surface area (Å²) in [5.74, 6) is 0.990. The summed E-state index contributed by atoms with van der Waals surface area (Å²) in [6, 6.07) is 13.5. The van der Waals surface area contributed by atoms with Crippen molar-refractivity contribution in [3.63, 3.8) is 0 Å². The Hall–Kier alpha value is -3.98. The first-order valence-electron chi connectivity index (χ1n) is 12.5. The summed E-state index contributed by atoms with van der Waals surface area (Å²) in [6.07, 6.45) is 2.02. The van der Waals surface area contributed by atoms with E-state index in [4.69, 9.17) is 4.52 Å². The molecule has 0 bridgehead atoms. The molecule has 9 heteroatoms. The van der Waals surface area contributed by atoms with Crippen LogP contribution in [0, 0.1) is 0 Å². The molecule has 3 aromatic heterocycles. The molecule has 1 aliphatic heterocycles. The summed E-state index contributed by atoms with van der Waals surface area (Å²) in [5, 5.41) is 7.63. The van der Waals surface area contributed by atoms with Gasteiger partial charge in [-0.2, -0.15) is 0 Å². The minimum absolute atomic E-state index is 0.00975. The molecule has 0 saturated carbocycles. The fourth-order valence-electron chi connectivity index (χ4n) is 4.34. The lowest BCUT2D eigenvalue weighted by Crippen LogP contribution is -2.47. The normalized spacial score (nSPS) is 14.8. The number of likely N-dealkylation sites (N-methyl/N-ethyl adjacent to an activating group) is 1. The number of amides is 2. The Morgan fingerprint density at radius 3 is 2.43 bits per heavy atom. The summed E-state index contributed by atoms with van der Waals surface area (Å²) in [6.45, 7) is 9.29. The van der Waals surface area contributed by atoms with E-state index in [1.54, 1.807) is 12.3 Å². The van der Waals surface area contributed by atoms with Crippen LogP contribution in [-0.2, 0) is 16.6 Å². The molecule has 0 atom stereocenters. The molecule has 0 aliphatic carbocycles. The van der Waals surface area contributed by atoms with Gasteiger partial charge in [0.2, 0.25) is 5.91 Å². The van der Waals surface area contributed by atoms with Gasteiger partial charge >= 0.3 is 0 Å². The number of pyridine rings is 1. The molecule has 4 aromatic rings. The van der Waals surface area contributed by atoms with E-state index in [1.807, 2.05) is 62.1 Å². The monoisotopic (exact) mass is 500 g/mol. The van der Waals surface area contributed by atoms with Crippen LogP contribution in [0.4, 0.5) is 5.82 Å². The van der Waals surface area contributed by atoms with E-state index in [0.717, 1.165) is 54.0 Å². The van der Waals surface area contributed by atoms with Crippen molar-refractivity contribution in [3.8, 4) is 11.1 Å². The van der Waals surface area contributed by atoms with Crippen LogP contribution in [0.25, 0.3) is 22.2 Å². The lowest BCUT2D eigenvalue weighted by Gasteiger charge is -2.32. The highest BCUT2D eigenvalue weighted by molar-refractivity contribution is 5.98. The van der Waals surface area contributed by atoms with Gasteiger partial charge in [-0.15, -0.1) is 0 Å². The molecule has 37 heavy (non-hydrogen) atoms. The van der Waals surface area contributed by atoms with Crippen LogP contribution in [0.15, 0.2) is 53.2 Å². The highest BCUT2D eigenvalue weighted by atomic mass is 16.5. The number of aromatic amines is 1. The second-order valence-corrected chi connectivity index (χ2v) is 10.7. The van der Waals surface area contributed by atoms with Gasteiger partial charge in [0, 0.05) is 54.8 Å². The van der Waals surface area contributed by atoms with E-state index in [9.17, 15) is 9.59 Å². The zero-order chi connectivity index (χ0) is 26.2. The third-order valence-electron chi connectivity index (χ3n) is 6.66. The number of hydrogen-bond donors (Lipinski definition) is 2. The highest BCUT2D eigenvalue weighted by Crippen LogP contribution is 2.26. The van der Waals surface area contributed by atoms with E-state index >= 15 is 0 Å². The van der Waals surface area contributed by atoms with Crippen molar-refractivity contribution in [2.75, 3.05) is 38.5 Å². The minimum atomic E-state index is -0.175. The zero-order valence-electron chi connectivity index (χ0n) is 21.7. The molecular formula is C28H32N6O3. The number of hydrogen-bond acceptors (Lipinski definition) is 6. The number of benzene rings is 1. The molecule has 1 aromatic carbocycles. The van der Waals surface area contributed by atoms with Crippen molar-refractivity contribution in [1.29, 1.82) is 0 Å². The van der Waals surface area contributed by atoms with Gasteiger partial charge in [0.25, 0.3) is 5.91 Å². The van der Waals surface area contributed by atoms with Gasteiger partial charge in [0.05, 0.1) is 6.42 Å². The number of piperazine rings is 1. The standard InChI is InChI=1S/C28H32N6O3/c1-28(2,3)23-16-24(32-37-23)31-25(35)13-18-5-7-19(8-6-18)21-14-20-15-22(30-26(20)29-17-21)27(36)34-11-9-33(4)10-12-34/h5-8,14-17H,9-13H2,1-4H3,(H,29,30)(H,31,32,35). The number of carbonyl (C=O) groups is 2. The first-order valence-corrected chi connectivity index (χ1v) is 12.5. The van der Waals surface area contributed by atoms with Gasteiger partial charge in [-0.1, -0.05) is 50.2 Å². The summed E-state index contributed by atoms with van der Waals surface area (Å²) in [4.78, 5) is 37.2. The molecule has 0 unspecified atom stereocenters. The maximum absolute atomic E-state index is 12.9. The summed E-state index contributed by atoms with van der Waals surface area (Å²) < 4.78 is 5.33. The molecule has 0 spiro atoms. The predicted octanol–water partition coefficient (Wildman–Crippen LogP) is 4.08. The molecule has 1 fully saturated rings. The maximum atomic E-state index is 12.9. The fraction of sp³-hybridized carbons (Fsp3) is 0.357. The number of H-pyrrole nitrogens is 1. The number of carbonyl (C=O) groups excluding carboxylic acids is 2. The Balaban J connectivity index is 1.24. The largest absolute Gasteiger partial charge is 0.359 e. The summed E-state index contributed by atoms with van der Waals surface area (Å²) in [5.41, 5.74) is 3.89. The number of fused-ring (bicyclic) bond motifs is 1. The molecule has 5 rings (SSSR count). The smallest absolute Gasteiger partial charge is 0.270 e. The predicted molar refractivity (Wildman–Crippen MR) is 142 cm³/mol. The van der Waals surface area contributed by atoms with Crippen LogP contribution in [0.1, 0.15) is 42.6 Å². The molecule has 0 radical (unpaired) electrons. The summed E-state index contributed by atoms with van der Waals surface area (Å²) >= 11 is 0. The van der Waals surface area contributed by atoms with Crippen molar-refractivity contribution >= 4 is 28.7 Å². The van der Waals surface area contributed by atoms with Crippen LogP contribution in [0.2, 0.25) is 0 Å². The Labute approximate surface area is 215 Å². The first-order chi connectivity index (χ1) is 17.7. The van der Waals surface area contributed by atoms with Gasteiger partial charge in [-0.25, -0.2) is 4.98 Å². The van der Waals surface area contributed by atoms with Crippen molar-refractivity contribution in [3.05, 3.63) is 65.7 Å². The van der Waals surface area contributed by atoms with Crippen molar-refractivity contribution < 1.29 is 14.1 Å². The molecule has 2 N–H and O–H groups in total. The Bertz CT molecular complexity index is 1420.